The molecule has 0 amide bonds. The average Bonchev–Trinajstić information content (AvgIpc) is 3.12. The molecule has 1 aliphatic heterocycles. The van der Waals surface area contributed by atoms with Crippen molar-refractivity contribution in [3.8, 4) is 18.6 Å². The normalized spacial score (nSPS) is 13.6. The maximum Gasteiger partial charge on any atom is 0.119 e. The molecule has 0 fully saturated rings. The van der Waals surface area contributed by atoms with Crippen molar-refractivity contribution in [1.82, 2.24) is 0 Å². The number of rotatable bonds is 13. The summed E-state index contributed by atoms with van der Waals surface area (Å²) in [6, 6.07) is 16.9. The van der Waals surface area contributed by atoms with E-state index in [1.54, 1.807) is 5.56 Å². The number of fused-ring (bicyclic) bond motifs is 1. The highest BCUT2D eigenvalue weighted by Crippen LogP contribution is 2.45. The van der Waals surface area contributed by atoms with E-state index < -0.39 is 0 Å². The third kappa shape index (κ3) is 12.8. The van der Waals surface area contributed by atoms with Crippen LogP contribution in [0.1, 0.15) is 83.6 Å². The number of hydrogen-bond donors (Lipinski definition) is 1. The summed E-state index contributed by atoms with van der Waals surface area (Å²) in [6.07, 6.45) is 22.3. The van der Waals surface area contributed by atoms with Crippen LogP contribution in [0.25, 0.3) is 0 Å². The van der Waals surface area contributed by atoms with E-state index in [1.165, 1.54) is 67.7 Å². The molecule has 1 aliphatic rings. The van der Waals surface area contributed by atoms with Gasteiger partial charge in [0.1, 0.15) is 5.75 Å². The van der Waals surface area contributed by atoms with Crippen LogP contribution in [0, 0.1) is 18.3 Å². The fraction of sp³-hybridized carbons (Fsp3) is 0.576. The maximum absolute atomic E-state index is 5.51. The Morgan fingerprint density at radius 2 is 1.59 bits per heavy atom. The van der Waals surface area contributed by atoms with Gasteiger partial charge in [0.05, 0.1) is 6.61 Å². The number of aryl methyl sites for hydroxylation is 1. The second-order valence-corrected chi connectivity index (χ2v) is 11.2. The first-order chi connectivity index (χ1) is 18.0. The first-order valence-corrected chi connectivity index (χ1v) is 15.2. The van der Waals surface area contributed by atoms with Crippen molar-refractivity contribution < 1.29 is 4.74 Å². The number of hydrogen-bond acceptors (Lipinski definition) is 4. The molecular formula is C33H52N2OS. The van der Waals surface area contributed by atoms with Gasteiger partial charge < -0.3 is 15.4 Å². The van der Waals surface area contributed by atoms with Crippen LogP contribution in [0.2, 0.25) is 0 Å². The van der Waals surface area contributed by atoms with Gasteiger partial charge in [-0.05, 0) is 92.8 Å². The van der Waals surface area contributed by atoms with Gasteiger partial charge >= 0.3 is 0 Å². The van der Waals surface area contributed by atoms with Gasteiger partial charge in [0, 0.05) is 30.4 Å². The summed E-state index contributed by atoms with van der Waals surface area (Å²) in [6.45, 7) is 6.24. The van der Waals surface area contributed by atoms with Gasteiger partial charge in [0.2, 0.25) is 0 Å². The fourth-order valence-electron chi connectivity index (χ4n) is 4.64. The topological polar surface area (TPSA) is 38.5 Å². The predicted octanol–water partition coefficient (Wildman–Crippen LogP) is 8.60. The quantitative estimate of drug-likeness (QED) is 0.210. The number of anilines is 1. The van der Waals surface area contributed by atoms with E-state index in [-0.39, 0.29) is 0 Å². The van der Waals surface area contributed by atoms with Gasteiger partial charge in [-0.2, -0.15) is 0 Å². The summed E-state index contributed by atoms with van der Waals surface area (Å²) >= 11 is 2.12. The van der Waals surface area contributed by atoms with Crippen molar-refractivity contribution in [3.63, 3.8) is 0 Å². The van der Waals surface area contributed by atoms with Crippen LogP contribution in [0.15, 0.2) is 53.4 Å². The lowest BCUT2D eigenvalue weighted by Crippen LogP contribution is -2.24. The molecule has 2 N–H and O–H groups in total. The standard InChI is InChI=1S/C20H33NS.C11H17NO.C2H2/c1-5-7-12-20(13-8-6-2)14-11-17-15-18(21(3)4)9-10-19(17)22-16-20;12-9-5-2-6-10-13-11-7-3-1-4-8-11;1-2/h9-10,15H,5-8,11-14,16H2,1-4H3;1,3-4,7-8H,2,5-6,9-10,12H2;1-2H. The number of terminal acetylenes is 1. The highest BCUT2D eigenvalue weighted by atomic mass is 32.2. The van der Waals surface area contributed by atoms with Gasteiger partial charge in [0.25, 0.3) is 0 Å². The Morgan fingerprint density at radius 1 is 0.919 bits per heavy atom. The first-order valence-electron chi connectivity index (χ1n) is 14.2. The molecule has 0 spiro atoms. The number of nitrogens with zero attached hydrogens (tertiary/aromatic N) is 1. The van der Waals surface area contributed by atoms with Crippen molar-refractivity contribution in [2.24, 2.45) is 11.1 Å². The van der Waals surface area contributed by atoms with Crippen molar-refractivity contribution in [3.05, 3.63) is 54.1 Å². The summed E-state index contributed by atoms with van der Waals surface area (Å²) in [7, 11) is 4.27. The molecule has 0 radical (unpaired) electrons. The second-order valence-electron chi connectivity index (χ2n) is 10.2. The molecular weight excluding hydrogens is 472 g/mol. The highest BCUT2D eigenvalue weighted by molar-refractivity contribution is 7.99. The third-order valence-electron chi connectivity index (χ3n) is 7.00. The number of ether oxygens (including phenoxy) is 1. The lowest BCUT2D eigenvalue weighted by atomic mass is 9.75. The molecule has 0 saturated heterocycles. The Kier molecular flexibility index (Phi) is 17.8. The van der Waals surface area contributed by atoms with Crippen LogP contribution in [-0.2, 0) is 6.42 Å². The summed E-state index contributed by atoms with van der Waals surface area (Å²) in [5, 5.41) is 0. The van der Waals surface area contributed by atoms with Crippen molar-refractivity contribution in [2.75, 3.05) is 37.9 Å². The summed E-state index contributed by atoms with van der Waals surface area (Å²) < 4.78 is 5.51. The molecule has 206 valence electrons. The molecule has 0 saturated carbocycles. The molecule has 0 aromatic heterocycles. The van der Waals surface area contributed by atoms with Crippen LogP contribution in [0.3, 0.4) is 0 Å². The molecule has 0 atom stereocenters. The van der Waals surface area contributed by atoms with Gasteiger partial charge in [-0.15, -0.1) is 24.6 Å². The smallest absolute Gasteiger partial charge is 0.119 e. The molecule has 37 heavy (non-hydrogen) atoms. The second kappa shape index (κ2) is 19.9. The zero-order chi connectivity index (χ0) is 27.4. The predicted molar refractivity (Wildman–Crippen MR) is 166 cm³/mol. The van der Waals surface area contributed by atoms with Gasteiger partial charge in [-0.25, -0.2) is 0 Å². The monoisotopic (exact) mass is 524 g/mol. The lowest BCUT2D eigenvalue weighted by Gasteiger charge is -2.32. The zero-order valence-corrected chi connectivity index (χ0v) is 24.8. The lowest BCUT2D eigenvalue weighted by molar-refractivity contribution is 0.244. The third-order valence-corrected chi connectivity index (χ3v) is 8.47. The van der Waals surface area contributed by atoms with Crippen LogP contribution in [-0.4, -0.2) is 33.0 Å². The summed E-state index contributed by atoms with van der Waals surface area (Å²) in [5.74, 6) is 2.27. The molecule has 1 heterocycles. The van der Waals surface area contributed by atoms with Crippen molar-refractivity contribution in [2.45, 2.75) is 89.4 Å². The Morgan fingerprint density at radius 3 is 2.19 bits per heavy atom. The fourth-order valence-corrected chi connectivity index (χ4v) is 6.04. The van der Waals surface area contributed by atoms with E-state index in [0.717, 1.165) is 38.2 Å². The van der Waals surface area contributed by atoms with Crippen molar-refractivity contribution >= 4 is 17.4 Å². The zero-order valence-electron chi connectivity index (χ0n) is 24.0. The molecule has 0 aliphatic carbocycles. The summed E-state index contributed by atoms with van der Waals surface area (Å²) in [4.78, 5) is 3.75. The van der Waals surface area contributed by atoms with E-state index in [0.29, 0.717) is 5.41 Å². The van der Waals surface area contributed by atoms with Crippen LogP contribution in [0.5, 0.6) is 5.75 Å². The van der Waals surface area contributed by atoms with E-state index in [9.17, 15) is 0 Å². The van der Waals surface area contributed by atoms with E-state index in [1.807, 2.05) is 30.3 Å². The molecule has 2 aromatic rings. The highest BCUT2D eigenvalue weighted by Gasteiger charge is 2.31. The van der Waals surface area contributed by atoms with Crippen molar-refractivity contribution in [1.29, 1.82) is 0 Å². The Balaban J connectivity index is 0.000000389. The van der Waals surface area contributed by atoms with Crippen LogP contribution in [0.4, 0.5) is 5.69 Å². The number of nitrogens with two attached hydrogens (primary N) is 1. The summed E-state index contributed by atoms with van der Waals surface area (Å²) in [5.41, 5.74) is 8.88. The largest absolute Gasteiger partial charge is 0.494 e. The molecule has 0 unspecified atom stereocenters. The number of benzene rings is 2. The van der Waals surface area contributed by atoms with Gasteiger partial charge in [-0.1, -0.05) is 57.7 Å². The van der Waals surface area contributed by atoms with Gasteiger partial charge in [0.15, 0.2) is 0 Å². The van der Waals surface area contributed by atoms with Gasteiger partial charge in [-0.3, -0.25) is 0 Å². The van der Waals surface area contributed by atoms with Crippen LogP contribution < -0.4 is 15.4 Å². The maximum atomic E-state index is 5.51. The minimum Gasteiger partial charge on any atom is -0.494 e. The Hall–Kier alpha value is -2.09. The minimum absolute atomic E-state index is 0.577. The minimum atomic E-state index is 0.577. The van der Waals surface area contributed by atoms with E-state index in [4.69, 9.17) is 10.5 Å². The number of para-hydroxylation sites is 1. The SMILES string of the molecule is C#C.CCCCC1(CCCC)CCc2cc(N(C)C)ccc2SC1.NCCCCCOc1ccccc1. The Labute approximate surface area is 232 Å². The number of thioether (sulfide) groups is 1. The molecule has 4 heteroatoms. The molecule has 3 rings (SSSR count). The average molecular weight is 525 g/mol. The molecule has 2 aromatic carbocycles. The van der Waals surface area contributed by atoms with E-state index in [2.05, 4.69) is 75.7 Å². The first kappa shape index (κ1) is 32.9. The molecule has 3 nitrogen and oxygen atoms in total. The van der Waals surface area contributed by atoms with E-state index >= 15 is 0 Å². The van der Waals surface area contributed by atoms with Crippen LogP contribution >= 0.6 is 11.8 Å². The molecule has 0 bridgehead atoms. The Bertz CT molecular complexity index is 842. The number of unbranched alkanes of at least 4 members (excludes halogenated alkanes) is 4.